The molecule has 7 heteroatoms. The fraction of sp³-hybridized carbons (Fsp3) is 0.0769. The van der Waals surface area contributed by atoms with Crippen molar-refractivity contribution in [3.63, 3.8) is 0 Å². The van der Waals surface area contributed by atoms with Gasteiger partial charge in [0.25, 0.3) is 0 Å². The maximum Gasteiger partial charge on any atom is 0.213 e. The second-order valence-electron chi connectivity index (χ2n) is 3.95. The summed E-state index contributed by atoms with van der Waals surface area (Å²) < 4.78 is 20.6. The van der Waals surface area contributed by atoms with Crippen molar-refractivity contribution in [3.8, 4) is 28.7 Å². The highest BCUT2D eigenvalue weighted by Gasteiger charge is 2.27. The summed E-state index contributed by atoms with van der Waals surface area (Å²) in [6, 6.07) is 5.58. The lowest BCUT2D eigenvalue weighted by molar-refractivity contribution is 0.325. The third-order valence-corrected chi connectivity index (χ3v) is 5.69. The van der Waals surface area contributed by atoms with Crippen molar-refractivity contribution in [2.75, 3.05) is 7.11 Å². The topological polar surface area (TPSA) is 27.7 Å². The number of rotatable bonds is 1. The first-order valence-electron chi connectivity index (χ1n) is 5.42. The summed E-state index contributed by atoms with van der Waals surface area (Å²) in [7, 11) is 1.59. The molecule has 0 aromatic heterocycles. The normalized spacial score (nSPS) is 12.1. The number of fused-ring (bicyclic) bond motifs is 2. The Labute approximate surface area is 149 Å². The lowest BCUT2D eigenvalue weighted by Crippen LogP contribution is -2.02. The Morgan fingerprint density at radius 3 is 2.20 bits per heavy atom. The fourth-order valence-electron chi connectivity index (χ4n) is 1.85. The van der Waals surface area contributed by atoms with E-state index in [1.54, 1.807) is 7.11 Å². The Morgan fingerprint density at radius 1 is 0.850 bits per heavy atom. The monoisotopic (exact) mass is 526 g/mol. The minimum absolute atomic E-state index is 0.542. The molecule has 0 fully saturated rings. The van der Waals surface area contributed by atoms with Crippen molar-refractivity contribution < 1.29 is 14.2 Å². The fourth-order valence-corrected chi connectivity index (χ4v) is 3.96. The number of halogens is 4. The molecular formula is C13H6Br4O3. The predicted molar refractivity (Wildman–Crippen MR) is 90.4 cm³/mol. The van der Waals surface area contributed by atoms with Crippen LogP contribution in [0.3, 0.4) is 0 Å². The summed E-state index contributed by atoms with van der Waals surface area (Å²) >= 11 is 13.8. The number of hydrogen-bond acceptors (Lipinski definition) is 3. The zero-order valence-corrected chi connectivity index (χ0v) is 16.3. The highest BCUT2D eigenvalue weighted by molar-refractivity contribution is 9.13. The van der Waals surface area contributed by atoms with Crippen molar-refractivity contribution in [3.05, 3.63) is 36.1 Å². The molecule has 1 aliphatic heterocycles. The van der Waals surface area contributed by atoms with Gasteiger partial charge in [0, 0.05) is 15.0 Å². The molecule has 0 N–H and O–H groups in total. The van der Waals surface area contributed by atoms with Gasteiger partial charge in [-0.15, -0.1) is 0 Å². The quantitative estimate of drug-likeness (QED) is 0.354. The van der Waals surface area contributed by atoms with Crippen LogP contribution in [-0.2, 0) is 0 Å². The first kappa shape index (κ1) is 14.7. The van der Waals surface area contributed by atoms with E-state index < -0.39 is 0 Å². The van der Waals surface area contributed by atoms with Crippen LogP contribution in [0, 0.1) is 0 Å². The van der Waals surface area contributed by atoms with Gasteiger partial charge in [-0.05, 0) is 59.9 Å². The number of hydrogen-bond donors (Lipinski definition) is 0. The molecule has 0 unspecified atom stereocenters. The zero-order chi connectivity index (χ0) is 14.4. The highest BCUT2D eigenvalue weighted by Crippen LogP contribution is 2.56. The van der Waals surface area contributed by atoms with E-state index in [0.717, 1.165) is 17.9 Å². The average molecular weight is 530 g/mol. The van der Waals surface area contributed by atoms with Crippen LogP contribution in [0.1, 0.15) is 0 Å². The van der Waals surface area contributed by atoms with Crippen LogP contribution in [0.15, 0.2) is 36.1 Å². The van der Waals surface area contributed by atoms with Crippen LogP contribution in [0.2, 0.25) is 0 Å². The smallest absolute Gasteiger partial charge is 0.213 e. The molecule has 0 atom stereocenters. The molecule has 0 spiro atoms. The van der Waals surface area contributed by atoms with Gasteiger partial charge in [-0.1, -0.05) is 15.9 Å². The van der Waals surface area contributed by atoms with E-state index in [2.05, 4.69) is 63.7 Å². The summed E-state index contributed by atoms with van der Waals surface area (Å²) in [6.45, 7) is 0. The summed E-state index contributed by atoms with van der Waals surface area (Å²) in [5, 5.41) is 0. The third-order valence-electron chi connectivity index (χ3n) is 2.70. The molecule has 0 aliphatic carbocycles. The van der Waals surface area contributed by atoms with Crippen molar-refractivity contribution in [1.82, 2.24) is 0 Å². The molecule has 0 saturated carbocycles. The Hall–Kier alpha value is -0.240. The van der Waals surface area contributed by atoms with Crippen LogP contribution >= 0.6 is 63.7 Å². The molecule has 1 heterocycles. The molecule has 2 aromatic rings. The molecule has 2 aromatic carbocycles. The standard InChI is InChI=1S/C13H6Br4O3/c1-18-13-10(17)6(15)4-9-12(13)20-8-3-5(14)2-7(16)11(8)19-9/h2-4H,1H3. The van der Waals surface area contributed by atoms with Gasteiger partial charge >= 0.3 is 0 Å². The first-order chi connectivity index (χ1) is 9.51. The maximum absolute atomic E-state index is 5.94. The average Bonchev–Trinajstić information content (AvgIpc) is 2.39. The van der Waals surface area contributed by atoms with Crippen molar-refractivity contribution >= 4 is 63.7 Å². The lowest BCUT2D eigenvalue weighted by Gasteiger charge is -2.24. The van der Waals surface area contributed by atoms with Crippen LogP contribution in [-0.4, -0.2) is 7.11 Å². The molecule has 0 bridgehead atoms. The molecule has 0 saturated heterocycles. The highest BCUT2D eigenvalue weighted by atomic mass is 79.9. The van der Waals surface area contributed by atoms with Gasteiger partial charge in [0.15, 0.2) is 23.0 Å². The van der Waals surface area contributed by atoms with E-state index in [4.69, 9.17) is 14.2 Å². The summed E-state index contributed by atoms with van der Waals surface area (Å²) in [5.74, 6) is 2.96. The zero-order valence-electron chi connectivity index (χ0n) is 9.97. The first-order valence-corrected chi connectivity index (χ1v) is 8.59. The van der Waals surface area contributed by atoms with Gasteiger partial charge in [0.1, 0.15) is 0 Å². The largest absolute Gasteiger partial charge is 0.492 e. The summed E-state index contributed by atoms with van der Waals surface area (Å²) in [4.78, 5) is 0. The minimum atomic E-state index is 0.542. The Bertz CT molecular complexity index is 715. The maximum atomic E-state index is 5.94. The summed E-state index contributed by atoms with van der Waals surface area (Å²) in [6.07, 6.45) is 0. The third kappa shape index (κ3) is 2.38. The van der Waals surface area contributed by atoms with E-state index in [1.807, 2.05) is 18.2 Å². The van der Waals surface area contributed by atoms with Gasteiger partial charge in [-0.25, -0.2) is 0 Å². The molecule has 3 nitrogen and oxygen atoms in total. The second kappa shape index (κ2) is 5.51. The van der Waals surface area contributed by atoms with Crippen LogP contribution in [0.4, 0.5) is 0 Å². The molecular weight excluding hydrogens is 524 g/mol. The van der Waals surface area contributed by atoms with Gasteiger partial charge in [-0.2, -0.15) is 0 Å². The van der Waals surface area contributed by atoms with Crippen molar-refractivity contribution in [2.24, 2.45) is 0 Å². The number of methoxy groups -OCH3 is 1. The van der Waals surface area contributed by atoms with E-state index >= 15 is 0 Å². The van der Waals surface area contributed by atoms with E-state index in [-0.39, 0.29) is 0 Å². The molecule has 3 rings (SSSR count). The Kier molecular flexibility index (Phi) is 4.05. The minimum Gasteiger partial charge on any atom is -0.492 e. The van der Waals surface area contributed by atoms with Crippen molar-refractivity contribution in [2.45, 2.75) is 0 Å². The second-order valence-corrected chi connectivity index (χ2v) is 7.37. The van der Waals surface area contributed by atoms with Crippen LogP contribution < -0.4 is 14.2 Å². The molecule has 104 valence electrons. The van der Waals surface area contributed by atoms with Crippen LogP contribution in [0.5, 0.6) is 28.7 Å². The van der Waals surface area contributed by atoms with E-state index in [0.29, 0.717) is 28.7 Å². The molecule has 0 radical (unpaired) electrons. The van der Waals surface area contributed by atoms with Gasteiger partial charge < -0.3 is 14.2 Å². The Balaban J connectivity index is 2.20. The molecule has 0 amide bonds. The summed E-state index contributed by atoms with van der Waals surface area (Å²) in [5.41, 5.74) is 0. The molecule has 1 aliphatic rings. The van der Waals surface area contributed by atoms with Crippen LogP contribution in [0.25, 0.3) is 0 Å². The Morgan fingerprint density at radius 2 is 1.50 bits per heavy atom. The van der Waals surface area contributed by atoms with Gasteiger partial charge in [-0.3, -0.25) is 0 Å². The number of ether oxygens (including phenoxy) is 3. The SMILES string of the molecule is COc1c(Br)c(Br)cc2c1Oc1cc(Br)cc(Br)c1O2. The number of benzene rings is 2. The lowest BCUT2D eigenvalue weighted by atomic mass is 10.2. The van der Waals surface area contributed by atoms with Crippen molar-refractivity contribution in [1.29, 1.82) is 0 Å². The van der Waals surface area contributed by atoms with E-state index in [9.17, 15) is 0 Å². The van der Waals surface area contributed by atoms with Gasteiger partial charge in [0.05, 0.1) is 16.1 Å². The van der Waals surface area contributed by atoms with E-state index in [1.165, 1.54) is 0 Å². The van der Waals surface area contributed by atoms with Gasteiger partial charge in [0.2, 0.25) is 5.75 Å². The predicted octanol–water partition coefficient (Wildman–Crippen LogP) is 6.64. The molecule has 20 heavy (non-hydrogen) atoms.